The number of aryl methyl sites for hydroxylation is 2. The van der Waals surface area contributed by atoms with Crippen LogP contribution in [0.25, 0.3) is 0 Å². The van der Waals surface area contributed by atoms with Crippen molar-refractivity contribution in [3.8, 4) is 5.75 Å². The molecule has 0 bridgehead atoms. The van der Waals surface area contributed by atoms with E-state index >= 15 is 0 Å². The van der Waals surface area contributed by atoms with Gasteiger partial charge in [-0.2, -0.15) is 0 Å². The maximum Gasteiger partial charge on any atom is 0.216 e. The number of nitrogens with zero attached hydrogens (tertiary/aromatic N) is 2. The molecule has 1 aromatic carbocycles. The molecule has 26 heavy (non-hydrogen) atoms. The Morgan fingerprint density at radius 1 is 1.23 bits per heavy atom. The third kappa shape index (κ3) is 5.79. The minimum atomic E-state index is 0.429. The molecule has 2 aromatic rings. The summed E-state index contributed by atoms with van der Waals surface area (Å²) in [5.41, 5.74) is 2.22. The second-order valence-corrected chi connectivity index (χ2v) is 6.33. The fourth-order valence-corrected chi connectivity index (χ4v) is 2.60. The predicted molar refractivity (Wildman–Crippen MR) is 105 cm³/mol. The highest BCUT2D eigenvalue weighted by Gasteiger charge is 2.08. The summed E-state index contributed by atoms with van der Waals surface area (Å²) in [5, 5.41) is 6.64. The largest absolute Gasteiger partial charge is 0.497 e. The van der Waals surface area contributed by atoms with Crippen LogP contribution in [0.2, 0.25) is 0 Å². The Bertz CT molecular complexity index is 688. The lowest BCUT2D eigenvalue weighted by Crippen LogP contribution is -2.38. The molecule has 1 heterocycles. The molecular weight excluding hydrogens is 328 g/mol. The van der Waals surface area contributed by atoms with Crippen molar-refractivity contribution in [3.63, 3.8) is 0 Å². The molecule has 0 fully saturated rings. The number of ether oxygens (including phenoxy) is 1. The van der Waals surface area contributed by atoms with Crippen molar-refractivity contribution in [3.05, 3.63) is 47.2 Å². The Kier molecular flexibility index (Phi) is 7.51. The van der Waals surface area contributed by atoms with E-state index in [4.69, 9.17) is 9.15 Å². The number of guanidine groups is 1. The lowest BCUT2D eigenvalue weighted by Gasteiger charge is -2.15. The van der Waals surface area contributed by atoms with Crippen molar-refractivity contribution in [2.24, 2.45) is 4.99 Å². The van der Waals surface area contributed by atoms with Crippen LogP contribution in [-0.2, 0) is 6.54 Å². The van der Waals surface area contributed by atoms with Gasteiger partial charge in [0.1, 0.15) is 18.1 Å². The quantitative estimate of drug-likeness (QED) is 0.558. The summed E-state index contributed by atoms with van der Waals surface area (Å²) in [7, 11) is 1.69. The minimum Gasteiger partial charge on any atom is -0.497 e. The highest BCUT2D eigenvalue weighted by Crippen LogP contribution is 2.21. The van der Waals surface area contributed by atoms with Gasteiger partial charge >= 0.3 is 0 Å². The fraction of sp³-hybridized carbons (Fsp3) is 0.500. The number of methoxy groups -OCH3 is 1. The zero-order valence-corrected chi connectivity index (χ0v) is 16.4. The molecule has 142 valence electrons. The van der Waals surface area contributed by atoms with Crippen LogP contribution in [0.1, 0.15) is 49.1 Å². The number of aliphatic imine (C=N–C) groups is 1. The standard InChI is InChI=1S/C20H30N4O2/c1-6-21-20(23-13-19-24-15(3)16(4)26-19)22-12-11-14(2)17-7-9-18(25-5)10-8-17/h7-10,14H,6,11-13H2,1-5H3,(H2,21,22,23). The number of benzene rings is 1. The van der Waals surface area contributed by atoms with E-state index in [1.54, 1.807) is 7.11 Å². The van der Waals surface area contributed by atoms with E-state index in [2.05, 4.69) is 46.6 Å². The summed E-state index contributed by atoms with van der Waals surface area (Å²) in [4.78, 5) is 8.92. The van der Waals surface area contributed by atoms with Crippen LogP contribution in [0, 0.1) is 13.8 Å². The summed E-state index contributed by atoms with van der Waals surface area (Å²) in [6.07, 6.45) is 1.01. The lowest BCUT2D eigenvalue weighted by molar-refractivity contribution is 0.414. The Morgan fingerprint density at radius 2 is 1.96 bits per heavy atom. The van der Waals surface area contributed by atoms with Crippen LogP contribution in [0.15, 0.2) is 33.7 Å². The number of hydrogen-bond acceptors (Lipinski definition) is 4. The first-order valence-corrected chi connectivity index (χ1v) is 9.12. The van der Waals surface area contributed by atoms with Gasteiger partial charge in [-0.05, 0) is 50.8 Å². The van der Waals surface area contributed by atoms with E-state index in [9.17, 15) is 0 Å². The molecule has 1 aromatic heterocycles. The maximum absolute atomic E-state index is 5.58. The van der Waals surface area contributed by atoms with Crippen molar-refractivity contribution < 1.29 is 9.15 Å². The number of aromatic nitrogens is 1. The topological polar surface area (TPSA) is 71.7 Å². The Hall–Kier alpha value is -2.50. The van der Waals surface area contributed by atoms with Crippen molar-refractivity contribution >= 4 is 5.96 Å². The average molecular weight is 358 g/mol. The van der Waals surface area contributed by atoms with Gasteiger partial charge in [0.15, 0.2) is 5.96 Å². The lowest BCUT2D eigenvalue weighted by atomic mass is 9.98. The molecule has 2 N–H and O–H groups in total. The van der Waals surface area contributed by atoms with Gasteiger partial charge < -0.3 is 19.8 Å². The Morgan fingerprint density at radius 3 is 2.54 bits per heavy atom. The molecule has 1 atom stereocenters. The van der Waals surface area contributed by atoms with Crippen LogP contribution in [0.4, 0.5) is 0 Å². The van der Waals surface area contributed by atoms with E-state index in [1.165, 1.54) is 5.56 Å². The molecule has 0 aliphatic carbocycles. The van der Waals surface area contributed by atoms with Gasteiger partial charge in [-0.3, -0.25) is 0 Å². The van der Waals surface area contributed by atoms with E-state index in [1.807, 2.05) is 26.0 Å². The molecule has 6 nitrogen and oxygen atoms in total. The molecule has 0 saturated carbocycles. The van der Waals surface area contributed by atoms with Gasteiger partial charge in [0.05, 0.1) is 12.8 Å². The molecule has 0 saturated heterocycles. The van der Waals surface area contributed by atoms with E-state index < -0.39 is 0 Å². The number of rotatable bonds is 8. The zero-order valence-electron chi connectivity index (χ0n) is 16.4. The third-order valence-corrected chi connectivity index (χ3v) is 4.34. The van der Waals surface area contributed by atoms with E-state index in [-0.39, 0.29) is 0 Å². The van der Waals surface area contributed by atoms with E-state index in [0.29, 0.717) is 18.4 Å². The van der Waals surface area contributed by atoms with Gasteiger partial charge in [-0.1, -0.05) is 19.1 Å². The SMILES string of the molecule is CCNC(=NCc1nc(C)c(C)o1)NCCC(C)c1ccc(OC)cc1. The van der Waals surface area contributed by atoms with E-state index in [0.717, 1.165) is 42.7 Å². The second-order valence-electron chi connectivity index (χ2n) is 6.33. The van der Waals surface area contributed by atoms with Crippen LogP contribution in [-0.4, -0.2) is 31.1 Å². The van der Waals surface area contributed by atoms with Crippen LogP contribution < -0.4 is 15.4 Å². The van der Waals surface area contributed by atoms with Crippen LogP contribution >= 0.6 is 0 Å². The summed E-state index contributed by atoms with van der Waals surface area (Å²) < 4.78 is 10.8. The van der Waals surface area contributed by atoms with Gasteiger partial charge in [-0.25, -0.2) is 9.98 Å². The smallest absolute Gasteiger partial charge is 0.216 e. The van der Waals surface area contributed by atoms with Gasteiger partial charge in [0.25, 0.3) is 0 Å². The molecule has 0 aliphatic heterocycles. The number of hydrogen-bond donors (Lipinski definition) is 2. The number of oxazole rings is 1. The monoisotopic (exact) mass is 358 g/mol. The average Bonchev–Trinajstić information content (AvgIpc) is 2.97. The van der Waals surface area contributed by atoms with Crippen molar-refractivity contribution in [2.75, 3.05) is 20.2 Å². The first kappa shape index (κ1) is 19.8. The molecule has 6 heteroatoms. The molecule has 0 amide bonds. The maximum atomic E-state index is 5.58. The summed E-state index contributed by atoms with van der Waals surface area (Å²) in [5.74, 6) is 3.61. The molecule has 0 aliphatic rings. The Balaban J connectivity index is 1.85. The van der Waals surface area contributed by atoms with Crippen LogP contribution in [0.3, 0.4) is 0 Å². The highest BCUT2D eigenvalue weighted by atomic mass is 16.5. The fourth-order valence-electron chi connectivity index (χ4n) is 2.60. The van der Waals surface area contributed by atoms with Crippen molar-refractivity contribution in [1.29, 1.82) is 0 Å². The third-order valence-electron chi connectivity index (χ3n) is 4.34. The normalized spacial score (nSPS) is 12.7. The van der Waals surface area contributed by atoms with Gasteiger partial charge in [0.2, 0.25) is 5.89 Å². The second kappa shape index (κ2) is 9.85. The predicted octanol–water partition coefficient (Wildman–Crippen LogP) is 3.55. The van der Waals surface area contributed by atoms with Crippen molar-refractivity contribution in [1.82, 2.24) is 15.6 Å². The first-order valence-electron chi connectivity index (χ1n) is 9.12. The summed E-state index contributed by atoms with van der Waals surface area (Å²) in [6, 6.07) is 8.25. The molecule has 0 spiro atoms. The van der Waals surface area contributed by atoms with Crippen molar-refractivity contribution in [2.45, 2.75) is 46.6 Å². The molecule has 1 unspecified atom stereocenters. The molecular formula is C20H30N4O2. The van der Waals surface area contributed by atoms with Crippen LogP contribution in [0.5, 0.6) is 5.75 Å². The molecule has 0 radical (unpaired) electrons. The summed E-state index contributed by atoms with van der Waals surface area (Å²) >= 11 is 0. The van der Waals surface area contributed by atoms with Gasteiger partial charge in [0, 0.05) is 13.1 Å². The number of nitrogens with one attached hydrogen (secondary N) is 2. The Labute approximate surface area is 156 Å². The summed E-state index contributed by atoms with van der Waals surface area (Å²) in [6.45, 7) is 10.2. The van der Waals surface area contributed by atoms with Gasteiger partial charge in [-0.15, -0.1) is 0 Å². The zero-order chi connectivity index (χ0) is 18.9. The minimum absolute atomic E-state index is 0.429. The highest BCUT2D eigenvalue weighted by molar-refractivity contribution is 5.79. The molecule has 2 rings (SSSR count). The first-order chi connectivity index (χ1) is 12.5.